The number of benzene rings is 3. The first-order chi connectivity index (χ1) is 14.8. The minimum atomic E-state index is -1.59. The Kier molecular flexibility index (Phi) is 4.99. The van der Waals surface area contributed by atoms with Crippen molar-refractivity contribution < 1.29 is 23.4 Å². The number of anilines is 2. The number of nitro groups is 2. The zero-order chi connectivity index (χ0) is 22.1. The molecule has 1 unspecified atom stereocenters. The first-order valence-electron chi connectivity index (χ1n) is 8.81. The van der Waals surface area contributed by atoms with Gasteiger partial charge in [-0.1, -0.05) is 0 Å². The third-order valence-corrected chi connectivity index (χ3v) is 4.48. The van der Waals surface area contributed by atoms with Crippen LogP contribution in [0.3, 0.4) is 0 Å². The van der Waals surface area contributed by atoms with Gasteiger partial charge in [0.15, 0.2) is 0 Å². The Hall–Kier alpha value is -4.41. The lowest BCUT2D eigenvalue weighted by atomic mass is 10.1. The SMILES string of the molecule is O=[N+]([O-])c1cc2c(cc1F)N(c1ccc(Oc3ccc(F)cc3)cc1)C([N+](=O)[O-])N=C2. The molecule has 0 aliphatic carbocycles. The molecular formula is C20H12F2N4O5. The molecule has 0 saturated carbocycles. The van der Waals surface area contributed by atoms with Crippen LogP contribution in [0.25, 0.3) is 0 Å². The van der Waals surface area contributed by atoms with Crippen molar-refractivity contribution in [3.63, 3.8) is 0 Å². The van der Waals surface area contributed by atoms with E-state index in [0.717, 1.165) is 23.2 Å². The van der Waals surface area contributed by atoms with Gasteiger partial charge in [0.25, 0.3) is 0 Å². The summed E-state index contributed by atoms with van der Waals surface area (Å²) >= 11 is 0. The van der Waals surface area contributed by atoms with Crippen LogP contribution in [0.2, 0.25) is 0 Å². The van der Waals surface area contributed by atoms with Crippen LogP contribution in [0, 0.1) is 31.9 Å². The Balaban J connectivity index is 1.70. The van der Waals surface area contributed by atoms with E-state index in [2.05, 4.69) is 4.99 Å². The molecule has 3 aromatic rings. The summed E-state index contributed by atoms with van der Waals surface area (Å²) in [5.74, 6) is -0.768. The minimum Gasteiger partial charge on any atom is -0.457 e. The molecule has 0 fully saturated rings. The maximum atomic E-state index is 14.3. The molecule has 156 valence electrons. The Labute approximate surface area is 173 Å². The predicted molar refractivity (Wildman–Crippen MR) is 106 cm³/mol. The highest BCUT2D eigenvalue weighted by atomic mass is 19.1. The molecule has 0 aromatic heterocycles. The molecule has 0 saturated heterocycles. The molecule has 9 nitrogen and oxygen atoms in total. The van der Waals surface area contributed by atoms with E-state index in [0.29, 0.717) is 17.2 Å². The van der Waals surface area contributed by atoms with E-state index in [-0.39, 0.29) is 11.3 Å². The van der Waals surface area contributed by atoms with Gasteiger partial charge in [-0.05, 0) is 48.5 Å². The number of aliphatic imine (C=N–C) groups is 1. The summed E-state index contributed by atoms with van der Waals surface area (Å²) in [6, 6.07) is 13.3. The lowest BCUT2D eigenvalue weighted by Crippen LogP contribution is -2.39. The molecule has 1 atom stereocenters. The zero-order valence-corrected chi connectivity index (χ0v) is 15.5. The zero-order valence-electron chi connectivity index (χ0n) is 15.5. The predicted octanol–water partition coefficient (Wildman–Crippen LogP) is 4.80. The third-order valence-electron chi connectivity index (χ3n) is 4.48. The fourth-order valence-electron chi connectivity index (χ4n) is 3.09. The standard InChI is InChI=1S/C20H12F2N4O5/c21-13-1-5-15(6-2-13)31-16-7-3-14(4-8-16)24-18-10-17(22)19(25(27)28)9-12(18)11-23-20(24)26(29)30/h1-11,20H. The van der Waals surface area contributed by atoms with Crippen LogP contribution in [0.5, 0.6) is 11.5 Å². The lowest BCUT2D eigenvalue weighted by Gasteiger charge is -2.29. The molecular weight excluding hydrogens is 414 g/mol. The van der Waals surface area contributed by atoms with E-state index in [4.69, 9.17) is 4.74 Å². The van der Waals surface area contributed by atoms with Crippen molar-refractivity contribution >= 4 is 23.3 Å². The molecule has 31 heavy (non-hydrogen) atoms. The molecule has 0 radical (unpaired) electrons. The number of nitrogens with zero attached hydrogens (tertiary/aromatic N) is 4. The highest BCUT2D eigenvalue weighted by Crippen LogP contribution is 2.37. The Bertz CT molecular complexity index is 1200. The van der Waals surface area contributed by atoms with Crippen molar-refractivity contribution in [2.24, 2.45) is 4.99 Å². The second-order valence-electron chi connectivity index (χ2n) is 6.45. The van der Waals surface area contributed by atoms with E-state index >= 15 is 0 Å². The topological polar surface area (TPSA) is 111 Å². The molecule has 11 heteroatoms. The Morgan fingerprint density at radius 1 is 0.935 bits per heavy atom. The van der Waals surface area contributed by atoms with E-state index in [1.165, 1.54) is 48.5 Å². The number of hydrogen-bond acceptors (Lipinski definition) is 7. The van der Waals surface area contributed by atoms with Gasteiger partial charge in [-0.2, -0.15) is 9.38 Å². The van der Waals surface area contributed by atoms with E-state index in [9.17, 15) is 29.0 Å². The van der Waals surface area contributed by atoms with Crippen molar-refractivity contribution in [2.45, 2.75) is 6.29 Å². The van der Waals surface area contributed by atoms with Gasteiger partial charge in [-0.15, -0.1) is 0 Å². The van der Waals surface area contributed by atoms with Crippen LogP contribution < -0.4 is 9.64 Å². The molecule has 4 rings (SSSR count). The van der Waals surface area contributed by atoms with E-state index in [1.807, 2.05) is 0 Å². The summed E-state index contributed by atoms with van der Waals surface area (Å²) in [6.45, 7) is 0. The van der Waals surface area contributed by atoms with Crippen LogP contribution in [0.1, 0.15) is 5.56 Å². The van der Waals surface area contributed by atoms with Gasteiger partial charge in [0.2, 0.25) is 5.82 Å². The number of halogens is 2. The van der Waals surface area contributed by atoms with Crippen molar-refractivity contribution in [1.29, 1.82) is 0 Å². The first-order valence-corrected chi connectivity index (χ1v) is 8.81. The molecule has 1 aliphatic rings. The molecule has 3 aromatic carbocycles. The second kappa shape index (κ2) is 7.78. The smallest absolute Gasteiger partial charge is 0.389 e. The molecule has 0 N–H and O–H groups in total. The first kappa shape index (κ1) is 19.9. The minimum absolute atomic E-state index is 0.0620. The van der Waals surface area contributed by atoms with Crippen LogP contribution in [0.15, 0.2) is 65.7 Å². The Morgan fingerprint density at radius 2 is 1.55 bits per heavy atom. The largest absolute Gasteiger partial charge is 0.457 e. The molecule has 1 heterocycles. The monoisotopic (exact) mass is 426 g/mol. The van der Waals surface area contributed by atoms with Gasteiger partial charge in [0.05, 0.1) is 15.5 Å². The van der Waals surface area contributed by atoms with Gasteiger partial charge >= 0.3 is 12.0 Å². The normalized spacial score (nSPS) is 14.8. The Morgan fingerprint density at radius 3 is 2.13 bits per heavy atom. The fourth-order valence-corrected chi connectivity index (χ4v) is 3.09. The van der Waals surface area contributed by atoms with Crippen LogP contribution in [-0.4, -0.2) is 22.4 Å². The molecule has 1 aliphatic heterocycles. The van der Waals surface area contributed by atoms with Crippen molar-refractivity contribution in [3.8, 4) is 11.5 Å². The molecule has 0 spiro atoms. The second-order valence-corrected chi connectivity index (χ2v) is 6.45. The van der Waals surface area contributed by atoms with Gasteiger partial charge in [0, 0.05) is 29.6 Å². The highest BCUT2D eigenvalue weighted by molar-refractivity contribution is 5.93. The maximum Gasteiger partial charge on any atom is 0.389 e. The van der Waals surface area contributed by atoms with Crippen LogP contribution in [-0.2, 0) is 0 Å². The summed E-state index contributed by atoms with van der Waals surface area (Å²) < 4.78 is 32.9. The summed E-state index contributed by atoms with van der Waals surface area (Å²) in [5, 5.41) is 22.5. The maximum absolute atomic E-state index is 14.3. The van der Waals surface area contributed by atoms with Crippen molar-refractivity contribution in [1.82, 2.24) is 0 Å². The number of nitro benzene ring substituents is 1. The fraction of sp³-hybridized carbons (Fsp3) is 0.0500. The quantitative estimate of drug-likeness (QED) is 0.428. The summed E-state index contributed by atoms with van der Waals surface area (Å²) in [7, 11) is 0. The van der Waals surface area contributed by atoms with Gasteiger partial charge in [-0.3, -0.25) is 25.1 Å². The van der Waals surface area contributed by atoms with Gasteiger partial charge < -0.3 is 4.74 Å². The van der Waals surface area contributed by atoms with Crippen molar-refractivity contribution in [2.75, 3.05) is 4.90 Å². The lowest BCUT2D eigenvalue weighted by molar-refractivity contribution is -0.518. The number of ether oxygens (including phenoxy) is 1. The van der Waals surface area contributed by atoms with E-state index in [1.54, 1.807) is 0 Å². The average Bonchev–Trinajstić information content (AvgIpc) is 2.74. The third kappa shape index (κ3) is 3.88. The number of hydrogen-bond donors (Lipinski definition) is 0. The summed E-state index contributed by atoms with van der Waals surface area (Å²) in [4.78, 5) is 26.0. The van der Waals surface area contributed by atoms with Gasteiger partial charge in [-0.25, -0.2) is 4.39 Å². The van der Waals surface area contributed by atoms with Crippen LogP contribution >= 0.6 is 0 Å². The van der Waals surface area contributed by atoms with Gasteiger partial charge in [0.1, 0.15) is 17.3 Å². The number of fused-ring (bicyclic) bond motifs is 1. The van der Waals surface area contributed by atoms with E-state index < -0.39 is 33.5 Å². The molecule has 0 bridgehead atoms. The van der Waals surface area contributed by atoms with Crippen molar-refractivity contribution in [3.05, 3.63) is 98.1 Å². The highest BCUT2D eigenvalue weighted by Gasteiger charge is 2.35. The van der Waals surface area contributed by atoms with Crippen LogP contribution in [0.4, 0.5) is 25.8 Å². The summed E-state index contributed by atoms with van der Waals surface area (Å²) in [5.41, 5.74) is -0.239. The average molecular weight is 426 g/mol. The summed E-state index contributed by atoms with van der Waals surface area (Å²) in [6.07, 6.45) is -0.477. The number of rotatable bonds is 5. The molecule has 0 amide bonds.